The average Bonchev–Trinajstić information content (AvgIpc) is 2.09. The number of hydrogen-bond donors (Lipinski definition) is 0. The molecular weight excluding hydrogens is 234 g/mol. The van der Waals surface area contributed by atoms with Gasteiger partial charge >= 0.3 is 0 Å². The maximum absolute atomic E-state index is 12.8. The molecule has 2 atom stereocenters. The molecule has 0 spiro atoms. The van der Waals surface area contributed by atoms with Crippen LogP contribution in [0.4, 0.5) is 8.78 Å². The third-order valence-corrected chi connectivity index (χ3v) is 5.24. The first-order valence-electron chi connectivity index (χ1n) is 7.23. The van der Waals surface area contributed by atoms with Crippen LogP contribution >= 0.6 is 0 Å². The molecule has 1 nitrogen and oxygen atoms in total. The molecule has 0 amide bonds. The molecule has 0 aliphatic heterocycles. The van der Waals surface area contributed by atoms with Crippen LogP contribution in [0.2, 0.25) is 0 Å². The molecule has 0 aromatic rings. The zero-order chi connectivity index (χ0) is 13.0. The van der Waals surface area contributed by atoms with Crippen LogP contribution in [0.1, 0.15) is 52.4 Å². The molecule has 0 aromatic carbocycles. The predicted molar refractivity (Wildman–Crippen MR) is 66.7 cm³/mol. The van der Waals surface area contributed by atoms with Crippen molar-refractivity contribution >= 4 is 0 Å². The molecular formula is C15H24F2O. The van der Waals surface area contributed by atoms with Crippen LogP contribution in [0.5, 0.6) is 0 Å². The average molecular weight is 258 g/mol. The molecule has 4 saturated carbocycles. The van der Waals surface area contributed by atoms with Crippen molar-refractivity contribution in [3.63, 3.8) is 0 Å². The van der Waals surface area contributed by atoms with E-state index in [0.717, 1.165) is 18.8 Å². The fraction of sp³-hybridized carbons (Fsp3) is 1.00. The lowest BCUT2D eigenvalue weighted by molar-refractivity contribution is -0.150. The van der Waals surface area contributed by atoms with Crippen molar-refractivity contribution in [3.8, 4) is 0 Å². The highest BCUT2D eigenvalue weighted by molar-refractivity contribution is 5.06. The fourth-order valence-electron chi connectivity index (χ4n) is 5.54. The van der Waals surface area contributed by atoms with E-state index in [-0.39, 0.29) is 5.41 Å². The zero-order valence-corrected chi connectivity index (χ0v) is 11.5. The second-order valence-electron chi connectivity index (χ2n) is 7.83. The van der Waals surface area contributed by atoms with Crippen molar-refractivity contribution in [3.05, 3.63) is 0 Å². The maximum atomic E-state index is 12.8. The molecule has 4 fully saturated rings. The number of alkyl halides is 2. The van der Waals surface area contributed by atoms with Crippen molar-refractivity contribution < 1.29 is 13.5 Å². The molecule has 0 saturated heterocycles. The number of halogens is 2. The summed E-state index contributed by atoms with van der Waals surface area (Å²) in [6, 6.07) is 0. The Morgan fingerprint density at radius 3 is 2.28 bits per heavy atom. The third-order valence-electron chi connectivity index (χ3n) is 5.24. The molecule has 4 rings (SSSR count). The first-order chi connectivity index (χ1) is 8.28. The van der Waals surface area contributed by atoms with Gasteiger partial charge in [-0.05, 0) is 61.2 Å². The van der Waals surface area contributed by atoms with Crippen molar-refractivity contribution in [1.82, 2.24) is 0 Å². The summed E-state index contributed by atoms with van der Waals surface area (Å²) in [6.45, 7) is 3.47. The van der Waals surface area contributed by atoms with Crippen LogP contribution < -0.4 is 0 Å². The van der Waals surface area contributed by atoms with Gasteiger partial charge in [0.25, 0.3) is 5.92 Å². The molecule has 0 heterocycles. The third kappa shape index (κ3) is 2.43. The second-order valence-corrected chi connectivity index (χ2v) is 7.83. The van der Waals surface area contributed by atoms with Crippen molar-refractivity contribution in [2.24, 2.45) is 22.7 Å². The Balaban J connectivity index is 1.64. The first kappa shape index (κ1) is 12.8. The van der Waals surface area contributed by atoms with Gasteiger partial charge in [-0.1, -0.05) is 6.92 Å². The standard InChI is InChI=1S/C15H24F2O/c1-13-4-11-3-12(5-13)7-15(6-11,8-13)10-18-9-14(2,16)17/h11-12H,3-10H2,1-2H3. The highest BCUT2D eigenvalue weighted by Crippen LogP contribution is 2.65. The summed E-state index contributed by atoms with van der Waals surface area (Å²) in [5.74, 6) is -1.02. The van der Waals surface area contributed by atoms with E-state index in [0.29, 0.717) is 12.0 Å². The molecule has 4 bridgehead atoms. The van der Waals surface area contributed by atoms with Crippen LogP contribution in [-0.2, 0) is 4.74 Å². The maximum Gasteiger partial charge on any atom is 0.268 e. The summed E-state index contributed by atoms with van der Waals surface area (Å²) in [5, 5.41) is 0. The van der Waals surface area contributed by atoms with Gasteiger partial charge in [-0.2, -0.15) is 0 Å². The fourth-order valence-corrected chi connectivity index (χ4v) is 5.54. The van der Waals surface area contributed by atoms with Crippen molar-refractivity contribution in [1.29, 1.82) is 0 Å². The topological polar surface area (TPSA) is 9.23 Å². The quantitative estimate of drug-likeness (QED) is 0.732. The Bertz CT molecular complexity index is 320. The van der Waals surface area contributed by atoms with Gasteiger partial charge in [0.2, 0.25) is 0 Å². The highest BCUT2D eigenvalue weighted by Gasteiger charge is 2.55. The number of ether oxygens (including phenoxy) is 1. The minimum Gasteiger partial charge on any atom is -0.375 e. The van der Waals surface area contributed by atoms with Gasteiger partial charge < -0.3 is 4.74 Å². The summed E-state index contributed by atoms with van der Waals surface area (Å²) in [6.07, 6.45) is 7.72. The van der Waals surface area contributed by atoms with Crippen LogP contribution in [0.25, 0.3) is 0 Å². The van der Waals surface area contributed by atoms with E-state index in [1.54, 1.807) is 0 Å². The van der Waals surface area contributed by atoms with Crippen molar-refractivity contribution in [2.45, 2.75) is 58.3 Å². The van der Waals surface area contributed by atoms with Gasteiger partial charge in [0.15, 0.2) is 0 Å². The van der Waals surface area contributed by atoms with E-state index in [2.05, 4.69) is 6.92 Å². The molecule has 0 aromatic heterocycles. The van der Waals surface area contributed by atoms with Crippen LogP contribution in [0.3, 0.4) is 0 Å². The van der Waals surface area contributed by atoms with Gasteiger partial charge in [-0.3, -0.25) is 0 Å². The molecule has 3 heteroatoms. The van der Waals surface area contributed by atoms with Crippen LogP contribution in [-0.4, -0.2) is 19.1 Å². The Morgan fingerprint density at radius 2 is 1.78 bits per heavy atom. The molecule has 18 heavy (non-hydrogen) atoms. The Hall–Kier alpha value is -0.180. The predicted octanol–water partition coefficient (Wildman–Crippen LogP) is 4.26. The molecule has 0 N–H and O–H groups in total. The van der Waals surface area contributed by atoms with E-state index in [9.17, 15) is 8.78 Å². The highest BCUT2D eigenvalue weighted by atomic mass is 19.3. The monoisotopic (exact) mass is 258 g/mol. The van der Waals surface area contributed by atoms with Crippen molar-refractivity contribution in [2.75, 3.05) is 13.2 Å². The lowest BCUT2D eigenvalue weighted by Gasteiger charge is -2.61. The van der Waals surface area contributed by atoms with E-state index in [4.69, 9.17) is 4.74 Å². The number of hydrogen-bond acceptors (Lipinski definition) is 1. The minimum atomic E-state index is -2.69. The summed E-state index contributed by atoms with van der Waals surface area (Å²) in [5.41, 5.74) is 0.701. The summed E-state index contributed by atoms with van der Waals surface area (Å²) in [4.78, 5) is 0. The number of rotatable bonds is 4. The largest absolute Gasteiger partial charge is 0.375 e. The molecule has 4 aliphatic rings. The summed E-state index contributed by atoms with van der Waals surface area (Å²) < 4.78 is 31.0. The van der Waals surface area contributed by atoms with Gasteiger partial charge in [0.05, 0.1) is 6.61 Å². The minimum absolute atomic E-state index is 0.226. The molecule has 4 aliphatic carbocycles. The second kappa shape index (κ2) is 3.91. The Labute approximate surface area is 108 Å². The van der Waals surface area contributed by atoms with E-state index < -0.39 is 12.5 Å². The molecule has 0 radical (unpaired) electrons. The van der Waals surface area contributed by atoms with E-state index >= 15 is 0 Å². The van der Waals surface area contributed by atoms with Crippen LogP contribution in [0, 0.1) is 22.7 Å². The van der Waals surface area contributed by atoms with Gasteiger partial charge in [0, 0.05) is 6.92 Å². The molecule has 104 valence electrons. The Morgan fingerprint density at radius 1 is 1.17 bits per heavy atom. The van der Waals surface area contributed by atoms with E-state index in [1.165, 1.54) is 38.5 Å². The zero-order valence-electron chi connectivity index (χ0n) is 11.5. The van der Waals surface area contributed by atoms with Crippen LogP contribution in [0.15, 0.2) is 0 Å². The van der Waals surface area contributed by atoms with Gasteiger partial charge in [-0.15, -0.1) is 0 Å². The summed E-state index contributed by atoms with van der Waals surface area (Å²) >= 11 is 0. The van der Waals surface area contributed by atoms with Gasteiger partial charge in [-0.25, -0.2) is 8.78 Å². The first-order valence-corrected chi connectivity index (χ1v) is 7.23. The normalized spacial score (nSPS) is 46.7. The summed E-state index contributed by atoms with van der Waals surface area (Å²) in [7, 11) is 0. The Kier molecular flexibility index (Phi) is 2.79. The SMILES string of the molecule is CC(F)(F)COCC12CC3CC(CC(C)(C3)C1)C2. The lowest BCUT2D eigenvalue weighted by atomic mass is 9.45. The lowest BCUT2D eigenvalue weighted by Crippen LogP contribution is -2.52. The van der Waals surface area contributed by atoms with Gasteiger partial charge in [0.1, 0.15) is 6.61 Å². The van der Waals surface area contributed by atoms with E-state index in [1.807, 2.05) is 0 Å². The smallest absolute Gasteiger partial charge is 0.268 e. The molecule has 2 unspecified atom stereocenters.